The first-order valence-corrected chi connectivity index (χ1v) is 12.2. The second-order valence-electron chi connectivity index (χ2n) is 8.69. The minimum absolute atomic E-state index is 0.0125. The number of carbonyl (C=O) groups excluding carboxylic acids is 1. The highest BCUT2D eigenvalue weighted by atomic mass is 35.5. The molecule has 3 rings (SSSR count). The van der Waals surface area contributed by atoms with E-state index in [-0.39, 0.29) is 17.0 Å². The lowest BCUT2D eigenvalue weighted by Gasteiger charge is -2.25. The molecular weight excluding hydrogens is 546 g/mol. The largest absolute Gasteiger partial charge is 0.496 e. The minimum Gasteiger partial charge on any atom is -0.496 e. The first kappa shape index (κ1) is 30.1. The first-order valence-electron chi connectivity index (χ1n) is 11.8. The number of hydrogen-bond acceptors (Lipinski definition) is 6. The molecule has 0 amide bonds. The smallest absolute Gasteiger partial charge is 0.333 e. The molecule has 0 aromatic heterocycles. The highest BCUT2D eigenvalue weighted by molar-refractivity contribution is 6.34. The number of aliphatic imine (C=N–C) groups is 1. The minimum atomic E-state index is -4.50. The molecular formula is C27H26ClF4NO6. The van der Waals surface area contributed by atoms with Crippen LogP contribution in [-0.2, 0) is 22.4 Å². The fraction of sp³-hybridized carbons (Fsp3) is 0.370. The molecule has 12 heteroatoms. The monoisotopic (exact) mass is 571 g/mol. The van der Waals surface area contributed by atoms with Gasteiger partial charge in [0.25, 0.3) is 0 Å². The van der Waals surface area contributed by atoms with Gasteiger partial charge in [0.1, 0.15) is 23.6 Å². The molecule has 1 aliphatic heterocycles. The van der Waals surface area contributed by atoms with Gasteiger partial charge in [0.05, 0.1) is 18.7 Å². The number of Topliss-reactive ketones (excluding diaryl/α,β-unsaturated/α-hetero) is 1. The predicted molar refractivity (Wildman–Crippen MR) is 136 cm³/mol. The Labute approximate surface area is 227 Å². The molecule has 7 nitrogen and oxygen atoms in total. The Morgan fingerprint density at radius 2 is 1.92 bits per heavy atom. The molecule has 1 N–H and O–H groups in total. The Bertz CT molecular complexity index is 1250. The van der Waals surface area contributed by atoms with Gasteiger partial charge in [-0.3, -0.25) is 9.79 Å². The van der Waals surface area contributed by atoms with E-state index in [4.69, 9.17) is 21.1 Å². The molecule has 1 heterocycles. The fourth-order valence-electron chi connectivity index (χ4n) is 4.00. The third kappa shape index (κ3) is 7.15. The zero-order valence-electron chi connectivity index (χ0n) is 21.0. The normalized spacial score (nSPS) is 17.4. The maximum atomic E-state index is 13.7. The van der Waals surface area contributed by atoms with Crippen LogP contribution in [0.3, 0.4) is 0 Å². The van der Waals surface area contributed by atoms with Gasteiger partial charge in [-0.05, 0) is 54.5 Å². The van der Waals surface area contributed by atoms with Crippen LogP contribution >= 0.6 is 11.6 Å². The molecule has 210 valence electrons. The Balaban J connectivity index is 1.89. The number of carboxylic acid groups (broad SMARTS) is 1. The number of alkyl halides is 4. The summed E-state index contributed by atoms with van der Waals surface area (Å²) in [6.07, 6.45) is -1.57. The lowest BCUT2D eigenvalue weighted by atomic mass is 9.83. The highest BCUT2D eigenvalue weighted by Crippen LogP contribution is 2.35. The van der Waals surface area contributed by atoms with Gasteiger partial charge in [0.2, 0.25) is 0 Å². The van der Waals surface area contributed by atoms with Crippen LogP contribution in [0.2, 0.25) is 5.02 Å². The summed E-state index contributed by atoms with van der Waals surface area (Å²) >= 11 is 6.38. The topological polar surface area (TPSA) is 94.4 Å². The average Bonchev–Trinajstić information content (AvgIpc) is 3.36. The van der Waals surface area contributed by atoms with E-state index in [0.29, 0.717) is 29.2 Å². The van der Waals surface area contributed by atoms with Crippen molar-refractivity contribution in [2.45, 2.75) is 43.8 Å². The van der Waals surface area contributed by atoms with Crippen molar-refractivity contribution in [3.05, 3.63) is 70.3 Å². The van der Waals surface area contributed by atoms with Crippen LogP contribution in [0.1, 0.15) is 28.4 Å². The van der Waals surface area contributed by atoms with E-state index >= 15 is 0 Å². The summed E-state index contributed by atoms with van der Waals surface area (Å²) in [5, 5.41) is 9.58. The molecule has 2 atom stereocenters. The average molecular weight is 572 g/mol. The van der Waals surface area contributed by atoms with Crippen molar-refractivity contribution in [1.82, 2.24) is 0 Å². The number of rotatable bonds is 14. The number of aliphatic carboxylic acids is 1. The number of ether oxygens (including phenoxy) is 3. The Morgan fingerprint density at radius 3 is 2.49 bits per heavy atom. The Hall–Kier alpha value is -3.44. The van der Waals surface area contributed by atoms with E-state index < -0.39 is 48.8 Å². The Kier molecular flexibility index (Phi) is 9.73. The van der Waals surface area contributed by atoms with Gasteiger partial charge < -0.3 is 19.3 Å². The van der Waals surface area contributed by atoms with Crippen molar-refractivity contribution in [3.63, 3.8) is 0 Å². The summed E-state index contributed by atoms with van der Waals surface area (Å²) in [4.78, 5) is 29.7. The van der Waals surface area contributed by atoms with Crippen molar-refractivity contribution < 1.29 is 46.5 Å². The lowest BCUT2D eigenvalue weighted by Crippen LogP contribution is -2.37. The molecule has 0 saturated carbocycles. The number of allylic oxidation sites excluding steroid dienone is 1. The molecule has 0 spiro atoms. The van der Waals surface area contributed by atoms with Crippen molar-refractivity contribution in [2.24, 2.45) is 4.99 Å². The van der Waals surface area contributed by atoms with Crippen LogP contribution in [-0.4, -0.2) is 67.4 Å². The van der Waals surface area contributed by atoms with Gasteiger partial charge >= 0.3 is 18.3 Å². The maximum Gasteiger partial charge on any atom is 0.333 e. The quantitative estimate of drug-likeness (QED) is 0.239. The molecule has 0 saturated heterocycles. The molecule has 0 radical (unpaired) electrons. The summed E-state index contributed by atoms with van der Waals surface area (Å²) in [5.74, 6) is -5.65. The summed E-state index contributed by atoms with van der Waals surface area (Å²) in [5.41, 5.74) is -0.411. The van der Waals surface area contributed by atoms with E-state index in [1.54, 1.807) is 18.2 Å². The molecule has 2 aromatic rings. The standard InChI is InChI=1S/C27H26ClF4NO6/c1-3-38-18-6-7-19(20(28)13-18)23(34)26(9-4-10-33-26)14-17-11-16(5-8-21(17)37-2)12-22(24(35)36)39-15-27(31,32)25(29)30/h4-11,13,22,25H,3,12,14-15H2,1-2H3,(H,35,36). The van der Waals surface area contributed by atoms with Crippen molar-refractivity contribution in [2.75, 3.05) is 20.3 Å². The molecule has 2 aromatic carbocycles. The first-order chi connectivity index (χ1) is 18.4. The van der Waals surface area contributed by atoms with E-state index in [0.717, 1.165) is 0 Å². The summed E-state index contributed by atoms with van der Waals surface area (Å²) in [6.45, 7) is 0.467. The van der Waals surface area contributed by atoms with Crippen LogP contribution in [0.5, 0.6) is 11.5 Å². The summed E-state index contributed by atoms with van der Waals surface area (Å²) < 4.78 is 67.0. The van der Waals surface area contributed by atoms with Crippen LogP contribution in [0.15, 0.2) is 53.5 Å². The number of halogens is 5. The molecule has 1 aliphatic rings. The van der Waals surface area contributed by atoms with Crippen molar-refractivity contribution in [1.29, 1.82) is 0 Å². The number of carbonyl (C=O) groups is 2. The summed E-state index contributed by atoms with van der Waals surface area (Å²) in [6, 6.07) is 9.21. The van der Waals surface area contributed by atoms with E-state index in [9.17, 15) is 32.3 Å². The number of methoxy groups -OCH3 is 1. The van der Waals surface area contributed by atoms with Gasteiger partial charge in [0.15, 0.2) is 11.9 Å². The Morgan fingerprint density at radius 1 is 1.18 bits per heavy atom. The van der Waals surface area contributed by atoms with Gasteiger partial charge in [-0.2, -0.15) is 8.78 Å². The molecule has 0 aliphatic carbocycles. The van der Waals surface area contributed by atoms with Gasteiger partial charge in [-0.25, -0.2) is 13.6 Å². The van der Waals surface area contributed by atoms with Crippen LogP contribution in [0.25, 0.3) is 0 Å². The van der Waals surface area contributed by atoms with E-state index in [2.05, 4.69) is 9.73 Å². The number of carboxylic acids is 1. The predicted octanol–water partition coefficient (Wildman–Crippen LogP) is 5.46. The molecule has 0 fully saturated rings. The third-order valence-corrected chi connectivity index (χ3v) is 6.26. The molecule has 39 heavy (non-hydrogen) atoms. The van der Waals surface area contributed by atoms with Crippen molar-refractivity contribution in [3.8, 4) is 11.5 Å². The third-order valence-electron chi connectivity index (χ3n) is 5.95. The van der Waals surface area contributed by atoms with Gasteiger partial charge in [-0.15, -0.1) is 0 Å². The summed E-state index contributed by atoms with van der Waals surface area (Å²) in [7, 11) is 1.40. The lowest BCUT2D eigenvalue weighted by molar-refractivity contribution is -0.185. The van der Waals surface area contributed by atoms with Crippen LogP contribution in [0, 0.1) is 0 Å². The van der Waals surface area contributed by atoms with Crippen LogP contribution < -0.4 is 9.47 Å². The van der Waals surface area contributed by atoms with Crippen molar-refractivity contribution >= 4 is 29.6 Å². The van der Waals surface area contributed by atoms with E-state index in [1.807, 2.05) is 6.92 Å². The number of hydrogen-bond donors (Lipinski definition) is 1. The number of benzene rings is 2. The number of nitrogens with zero attached hydrogens (tertiary/aromatic N) is 1. The van der Waals surface area contributed by atoms with E-state index in [1.165, 1.54) is 43.7 Å². The second-order valence-corrected chi connectivity index (χ2v) is 9.10. The fourth-order valence-corrected chi connectivity index (χ4v) is 4.26. The number of ketones is 1. The zero-order chi connectivity index (χ0) is 28.8. The second kappa shape index (κ2) is 12.6. The molecule has 2 unspecified atom stereocenters. The SMILES string of the molecule is CCOc1ccc(C(=O)C2(Cc3cc(CC(OCC(F)(F)C(F)F)C(=O)O)ccc3OC)C=CC=N2)c(Cl)c1. The van der Waals surface area contributed by atoms with Gasteiger partial charge in [-0.1, -0.05) is 23.7 Å². The highest BCUT2D eigenvalue weighted by Gasteiger charge is 2.42. The molecule has 0 bridgehead atoms. The van der Waals surface area contributed by atoms with Crippen LogP contribution in [0.4, 0.5) is 17.6 Å². The maximum absolute atomic E-state index is 13.7. The van der Waals surface area contributed by atoms with Gasteiger partial charge in [0, 0.05) is 24.6 Å². The zero-order valence-corrected chi connectivity index (χ0v) is 21.8.